The van der Waals surface area contributed by atoms with Gasteiger partial charge in [-0.3, -0.25) is 10.2 Å². The topological polar surface area (TPSA) is 42.3 Å². The highest BCUT2D eigenvalue weighted by atomic mass is 15.2. The van der Waals surface area contributed by atoms with Crippen LogP contribution >= 0.6 is 0 Å². The Morgan fingerprint density at radius 1 is 1.55 bits per heavy atom. The summed E-state index contributed by atoms with van der Waals surface area (Å²) in [5.41, 5.74) is -0.412. The first kappa shape index (κ1) is 17.4. The average molecular weight is 280 g/mol. The minimum absolute atomic E-state index is 0.412. The molecule has 0 amide bonds. The van der Waals surface area contributed by atoms with Crippen LogP contribution in [0.5, 0.6) is 0 Å². The quantitative estimate of drug-likeness (QED) is 0.775. The van der Waals surface area contributed by atoms with E-state index in [0.717, 1.165) is 25.9 Å². The van der Waals surface area contributed by atoms with Crippen molar-refractivity contribution in [3.05, 3.63) is 0 Å². The SMILES string of the molecule is CCCNC(C)(C#N)CC(C)N(C)C1CCCN(C)C1. The first-order valence-electron chi connectivity index (χ1n) is 7.98. The number of nitrogens with zero attached hydrogens (tertiary/aromatic N) is 3. The molecule has 1 rings (SSSR count). The zero-order valence-electron chi connectivity index (χ0n) is 13.9. The normalized spacial score (nSPS) is 25.1. The predicted molar refractivity (Wildman–Crippen MR) is 84.7 cm³/mol. The van der Waals surface area contributed by atoms with Gasteiger partial charge in [-0.15, -0.1) is 0 Å². The number of piperidine rings is 1. The number of hydrogen-bond acceptors (Lipinski definition) is 4. The van der Waals surface area contributed by atoms with E-state index in [0.29, 0.717) is 12.1 Å². The maximum atomic E-state index is 9.46. The molecule has 0 aliphatic carbocycles. The van der Waals surface area contributed by atoms with Gasteiger partial charge in [0.1, 0.15) is 5.54 Å². The first-order chi connectivity index (χ1) is 9.41. The molecule has 3 unspecified atom stereocenters. The highest BCUT2D eigenvalue weighted by molar-refractivity contribution is 5.05. The monoisotopic (exact) mass is 280 g/mol. The number of likely N-dealkylation sites (tertiary alicyclic amines) is 1. The molecule has 4 nitrogen and oxygen atoms in total. The second kappa shape index (κ2) is 7.97. The van der Waals surface area contributed by atoms with Gasteiger partial charge in [0.15, 0.2) is 0 Å². The van der Waals surface area contributed by atoms with Crippen molar-refractivity contribution in [3.63, 3.8) is 0 Å². The van der Waals surface area contributed by atoms with Crippen molar-refractivity contribution in [1.29, 1.82) is 5.26 Å². The highest BCUT2D eigenvalue weighted by Crippen LogP contribution is 2.20. The summed E-state index contributed by atoms with van der Waals surface area (Å²) in [5, 5.41) is 12.9. The molecule has 3 atom stereocenters. The summed E-state index contributed by atoms with van der Waals surface area (Å²) in [5.74, 6) is 0. The molecular formula is C16H32N4. The maximum absolute atomic E-state index is 9.46. The lowest BCUT2D eigenvalue weighted by molar-refractivity contribution is 0.0930. The van der Waals surface area contributed by atoms with Crippen molar-refractivity contribution in [2.75, 3.05) is 33.7 Å². The summed E-state index contributed by atoms with van der Waals surface area (Å²) in [6, 6.07) is 3.50. The fourth-order valence-electron chi connectivity index (χ4n) is 3.12. The second-order valence-corrected chi connectivity index (χ2v) is 6.65. The Labute approximate surface area is 125 Å². The third-order valence-corrected chi connectivity index (χ3v) is 4.59. The van der Waals surface area contributed by atoms with Crippen molar-refractivity contribution >= 4 is 0 Å². The molecule has 0 radical (unpaired) electrons. The van der Waals surface area contributed by atoms with Crippen molar-refractivity contribution in [2.24, 2.45) is 0 Å². The number of likely N-dealkylation sites (N-methyl/N-ethyl adjacent to an activating group) is 2. The van der Waals surface area contributed by atoms with Crippen LogP contribution in [-0.2, 0) is 0 Å². The molecule has 0 aromatic heterocycles. The smallest absolute Gasteiger partial charge is 0.105 e. The van der Waals surface area contributed by atoms with Gasteiger partial charge in [0, 0.05) is 18.6 Å². The Morgan fingerprint density at radius 2 is 2.25 bits per heavy atom. The van der Waals surface area contributed by atoms with Gasteiger partial charge < -0.3 is 4.90 Å². The Hall–Kier alpha value is -0.630. The zero-order chi connectivity index (χ0) is 15.2. The van der Waals surface area contributed by atoms with Crippen LogP contribution in [0.15, 0.2) is 0 Å². The van der Waals surface area contributed by atoms with E-state index in [-0.39, 0.29) is 0 Å². The predicted octanol–water partition coefficient (Wildman–Crippen LogP) is 2.07. The van der Waals surface area contributed by atoms with Crippen molar-refractivity contribution in [3.8, 4) is 6.07 Å². The van der Waals surface area contributed by atoms with Crippen LogP contribution in [-0.4, -0.2) is 61.2 Å². The van der Waals surface area contributed by atoms with Crippen LogP contribution in [0.3, 0.4) is 0 Å². The molecule has 0 aromatic rings. The summed E-state index contributed by atoms with van der Waals surface area (Å²) < 4.78 is 0. The van der Waals surface area contributed by atoms with Gasteiger partial charge in [-0.25, -0.2) is 0 Å². The van der Waals surface area contributed by atoms with E-state index in [2.05, 4.69) is 49.1 Å². The number of hydrogen-bond donors (Lipinski definition) is 1. The Balaban J connectivity index is 2.55. The molecule has 1 aliphatic heterocycles. The van der Waals surface area contributed by atoms with Crippen LogP contribution in [0.4, 0.5) is 0 Å². The molecular weight excluding hydrogens is 248 g/mol. The number of rotatable bonds is 7. The molecule has 1 N–H and O–H groups in total. The van der Waals surface area contributed by atoms with Crippen molar-refractivity contribution in [1.82, 2.24) is 15.1 Å². The molecule has 1 fully saturated rings. The van der Waals surface area contributed by atoms with Gasteiger partial charge in [-0.05, 0) is 66.7 Å². The van der Waals surface area contributed by atoms with Gasteiger partial charge in [0.2, 0.25) is 0 Å². The van der Waals surface area contributed by atoms with E-state index in [1.165, 1.54) is 19.4 Å². The largest absolute Gasteiger partial charge is 0.305 e. The molecule has 4 heteroatoms. The van der Waals surface area contributed by atoms with Crippen molar-refractivity contribution < 1.29 is 0 Å². The van der Waals surface area contributed by atoms with Crippen LogP contribution < -0.4 is 5.32 Å². The fourth-order valence-corrected chi connectivity index (χ4v) is 3.12. The van der Waals surface area contributed by atoms with E-state index in [1.54, 1.807) is 0 Å². The second-order valence-electron chi connectivity index (χ2n) is 6.65. The van der Waals surface area contributed by atoms with Crippen LogP contribution in [0.1, 0.15) is 46.5 Å². The van der Waals surface area contributed by atoms with Gasteiger partial charge in [-0.1, -0.05) is 6.92 Å². The van der Waals surface area contributed by atoms with E-state index in [1.807, 2.05) is 6.92 Å². The molecule has 0 spiro atoms. The fraction of sp³-hybridized carbons (Fsp3) is 0.938. The molecule has 1 heterocycles. The lowest BCUT2D eigenvalue weighted by Crippen LogP contribution is -2.52. The molecule has 0 saturated carbocycles. The highest BCUT2D eigenvalue weighted by Gasteiger charge is 2.30. The molecule has 0 aromatic carbocycles. The van der Waals surface area contributed by atoms with Crippen LogP contribution in [0, 0.1) is 11.3 Å². The van der Waals surface area contributed by atoms with Gasteiger partial charge in [0.25, 0.3) is 0 Å². The van der Waals surface area contributed by atoms with E-state index >= 15 is 0 Å². The maximum Gasteiger partial charge on any atom is 0.105 e. The first-order valence-corrected chi connectivity index (χ1v) is 7.98. The lowest BCUT2D eigenvalue weighted by Gasteiger charge is -2.40. The average Bonchev–Trinajstić information content (AvgIpc) is 2.44. The summed E-state index contributed by atoms with van der Waals surface area (Å²) in [7, 11) is 4.42. The lowest BCUT2D eigenvalue weighted by atomic mass is 9.93. The third kappa shape index (κ3) is 5.05. The summed E-state index contributed by atoms with van der Waals surface area (Å²) in [6.07, 6.45) is 4.49. The zero-order valence-corrected chi connectivity index (χ0v) is 13.9. The molecule has 20 heavy (non-hydrogen) atoms. The molecule has 0 bridgehead atoms. The Morgan fingerprint density at radius 3 is 2.80 bits per heavy atom. The van der Waals surface area contributed by atoms with Crippen LogP contribution in [0.2, 0.25) is 0 Å². The van der Waals surface area contributed by atoms with Crippen molar-refractivity contribution in [2.45, 2.75) is 64.1 Å². The van der Waals surface area contributed by atoms with E-state index in [9.17, 15) is 5.26 Å². The Kier molecular flexibility index (Phi) is 6.94. The Bertz CT molecular complexity index is 325. The molecule has 1 aliphatic rings. The van der Waals surface area contributed by atoms with Gasteiger partial charge in [-0.2, -0.15) is 5.26 Å². The van der Waals surface area contributed by atoms with E-state index < -0.39 is 5.54 Å². The standard InChI is InChI=1S/C16H32N4/c1-6-9-18-16(3,13-17)11-14(2)20(5)15-8-7-10-19(4)12-15/h14-15,18H,6-12H2,1-5H3. The minimum atomic E-state index is -0.412. The molecule has 1 saturated heterocycles. The third-order valence-electron chi connectivity index (χ3n) is 4.59. The van der Waals surface area contributed by atoms with E-state index in [4.69, 9.17) is 0 Å². The number of nitrogens with one attached hydrogen (secondary N) is 1. The summed E-state index contributed by atoms with van der Waals surface area (Å²) >= 11 is 0. The molecule has 116 valence electrons. The number of nitriles is 1. The van der Waals surface area contributed by atoms with Gasteiger partial charge >= 0.3 is 0 Å². The summed E-state index contributed by atoms with van der Waals surface area (Å²) in [4.78, 5) is 4.88. The summed E-state index contributed by atoms with van der Waals surface area (Å²) in [6.45, 7) is 9.68. The van der Waals surface area contributed by atoms with Gasteiger partial charge in [0.05, 0.1) is 6.07 Å². The minimum Gasteiger partial charge on any atom is -0.305 e. The van der Waals surface area contributed by atoms with Crippen LogP contribution in [0.25, 0.3) is 0 Å².